The molecule has 3 rings (SSSR count). The van der Waals surface area contributed by atoms with Gasteiger partial charge in [-0.1, -0.05) is 12.1 Å². The minimum Gasteiger partial charge on any atom is -0.507 e. The van der Waals surface area contributed by atoms with Crippen LogP contribution in [0.15, 0.2) is 41.5 Å². The third-order valence-electron chi connectivity index (χ3n) is 3.55. The molecule has 3 N–H and O–H groups in total. The maximum absolute atomic E-state index is 11.9. The fourth-order valence-corrected chi connectivity index (χ4v) is 2.33. The predicted octanol–water partition coefficient (Wildman–Crippen LogP) is -1.03. The van der Waals surface area contributed by atoms with Crippen molar-refractivity contribution in [2.75, 3.05) is 0 Å². The van der Waals surface area contributed by atoms with Gasteiger partial charge in [0.15, 0.2) is 0 Å². The van der Waals surface area contributed by atoms with Crippen molar-refractivity contribution in [3.8, 4) is 5.75 Å². The number of carbonyl (C=O) groups is 1. The number of hydrazone groups is 1. The summed E-state index contributed by atoms with van der Waals surface area (Å²) in [4.78, 5) is 40.7. The van der Waals surface area contributed by atoms with E-state index >= 15 is 0 Å². The number of imidazole rings is 1. The third-order valence-corrected chi connectivity index (χ3v) is 3.55. The molecule has 8 heteroatoms. The Kier molecular flexibility index (Phi) is 4.71. The lowest BCUT2D eigenvalue weighted by molar-refractivity contribution is -0.120. The zero-order valence-corrected chi connectivity index (χ0v) is 13.3. The highest BCUT2D eigenvalue weighted by atomic mass is 16.3. The highest BCUT2D eigenvalue weighted by Gasteiger charge is 2.07. The van der Waals surface area contributed by atoms with Crippen LogP contribution in [-0.4, -0.2) is 39.1 Å². The number of aromatic hydroxyl groups is 1. The van der Waals surface area contributed by atoms with Gasteiger partial charge in [0, 0.05) is 11.6 Å². The van der Waals surface area contributed by atoms with E-state index in [4.69, 9.17) is 0 Å². The molecule has 0 bridgehead atoms. The average Bonchev–Trinajstić information content (AvgIpc) is 3.04. The van der Waals surface area contributed by atoms with Crippen LogP contribution in [0.1, 0.15) is 11.4 Å². The molecule has 8 nitrogen and oxygen atoms in total. The number of carbonyl (C=O) groups excluding carboxylic acids is 3. The van der Waals surface area contributed by atoms with Gasteiger partial charge in [-0.25, -0.2) is 20.0 Å². The summed E-state index contributed by atoms with van der Waals surface area (Å²) in [6.45, 7) is 0. The number of nitrogens with one attached hydrogen (secondary N) is 2. The molecular weight excluding hydrogens is 336 g/mol. The van der Waals surface area contributed by atoms with Gasteiger partial charge in [-0.05, 0) is 18.2 Å². The lowest BCUT2D eigenvalue weighted by Crippen LogP contribution is -2.27. The molecule has 0 saturated heterocycles. The predicted molar refractivity (Wildman–Crippen MR) is 92.5 cm³/mol. The van der Waals surface area contributed by atoms with Crippen molar-refractivity contribution >= 4 is 35.0 Å². The smallest absolute Gasteiger partial charge is 0.247 e. The topological polar surface area (TPSA) is 125 Å². The van der Waals surface area contributed by atoms with Crippen molar-refractivity contribution < 1.29 is 19.5 Å². The number of fused-ring (bicyclic) bond motifs is 1. The van der Waals surface area contributed by atoms with E-state index in [1.807, 2.05) is 24.3 Å². The Balaban J connectivity index is 1.71. The van der Waals surface area contributed by atoms with Crippen molar-refractivity contribution in [1.82, 2.24) is 15.4 Å². The number of phenolic OH excluding ortho intramolecular Hbond substituents is 1. The minimum absolute atomic E-state index is 0.00952. The van der Waals surface area contributed by atoms with Crippen LogP contribution in [-0.2, 0) is 20.8 Å². The van der Waals surface area contributed by atoms with E-state index in [0.717, 1.165) is 23.3 Å². The molecule has 26 heavy (non-hydrogen) atoms. The standard InChI is InChI=1S/C18H12N4O4/c23-9-12-5-11(16(25)6-13(12)10-24)8-19-22-18(26)7-17-20-14-3-1-2-4-15(14)21-17/h1-6,8,25H,7H2,(H,20,21)(H,22,26). The van der Waals surface area contributed by atoms with Gasteiger partial charge in [-0.15, -0.1) is 0 Å². The fourth-order valence-electron chi connectivity index (χ4n) is 2.33. The molecule has 0 saturated carbocycles. The van der Waals surface area contributed by atoms with Crippen molar-refractivity contribution in [3.63, 3.8) is 0 Å². The molecule has 0 atom stereocenters. The van der Waals surface area contributed by atoms with Gasteiger partial charge in [-0.2, -0.15) is 5.10 Å². The molecule has 1 heterocycles. The first kappa shape index (κ1) is 16.9. The number of rotatable bonds is 4. The molecule has 1 amide bonds. The van der Waals surface area contributed by atoms with Gasteiger partial charge < -0.3 is 10.1 Å². The zero-order chi connectivity index (χ0) is 18.5. The molecule has 128 valence electrons. The quantitative estimate of drug-likeness (QED) is 0.411. The summed E-state index contributed by atoms with van der Waals surface area (Å²) in [5.74, 6) is 2.90. The van der Waals surface area contributed by atoms with E-state index in [9.17, 15) is 19.5 Å². The van der Waals surface area contributed by atoms with Gasteiger partial charge in [0.1, 0.15) is 23.5 Å². The molecule has 3 aromatic rings. The minimum atomic E-state index is -0.417. The van der Waals surface area contributed by atoms with Crippen LogP contribution in [0.5, 0.6) is 5.75 Å². The van der Waals surface area contributed by atoms with Crippen LogP contribution in [0.3, 0.4) is 0 Å². The molecule has 1 aromatic heterocycles. The number of benzene rings is 2. The van der Waals surface area contributed by atoms with Crippen molar-refractivity contribution in [3.05, 3.63) is 58.2 Å². The van der Waals surface area contributed by atoms with E-state index in [0.29, 0.717) is 5.82 Å². The SMILES string of the molecule is O=C=c1cc(O)c(C=NNC(=O)Cc2nc3ccccc3[nH]2)cc1=C=O. The number of aromatic amines is 1. The van der Waals surface area contributed by atoms with E-state index in [1.54, 1.807) is 5.94 Å². The Morgan fingerprint density at radius 1 is 1.23 bits per heavy atom. The number of hydrogen-bond donors (Lipinski definition) is 3. The van der Waals surface area contributed by atoms with Gasteiger partial charge in [0.2, 0.25) is 5.91 Å². The van der Waals surface area contributed by atoms with Gasteiger partial charge in [0.05, 0.1) is 34.1 Å². The maximum Gasteiger partial charge on any atom is 0.247 e. The summed E-state index contributed by atoms with van der Waals surface area (Å²) in [6.07, 6.45) is 1.14. The Morgan fingerprint density at radius 2 is 1.96 bits per heavy atom. The van der Waals surface area contributed by atoms with E-state index in [1.165, 1.54) is 12.0 Å². The lowest BCUT2D eigenvalue weighted by Gasteiger charge is -1.99. The summed E-state index contributed by atoms with van der Waals surface area (Å²) in [5, 5.41) is 13.4. The molecule has 0 aliphatic heterocycles. The number of phenols is 1. The van der Waals surface area contributed by atoms with E-state index in [-0.39, 0.29) is 28.2 Å². The van der Waals surface area contributed by atoms with Gasteiger partial charge in [0.25, 0.3) is 0 Å². The number of nitrogens with zero attached hydrogens (tertiary/aromatic N) is 2. The van der Waals surface area contributed by atoms with Crippen molar-refractivity contribution in [1.29, 1.82) is 0 Å². The Morgan fingerprint density at radius 3 is 2.69 bits per heavy atom. The maximum atomic E-state index is 11.9. The summed E-state index contributed by atoms with van der Waals surface area (Å²) >= 11 is 0. The summed E-state index contributed by atoms with van der Waals surface area (Å²) < 4.78 is 0. The van der Waals surface area contributed by atoms with Gasteiger partial charge in [-0.3, -0.25) is 4.79 Å². The molecule has 2 aromatic carbocycles. The highest BCUT2D eigenvalue weighted by molar-refractivity contribution is 5.86. The Labute approximate surface area is 146 Å². The third kappa shape index (κ3) is 3.57. The first-order chi connectivity index (χ1) is 12.6. The first-order valence-electron chi connectivity index (χ1n) is 7.49. The molecule has 0 radical (unpaired) electrons. The first-order valence-corrected chi connectivity index (χ1v) is 7.49. The van der Waals surface area contributed by atoms with Crippen LogP contribution in [0.25, 0.3) is 11.0 Å². The number of amides is 1. The van der Waals surface area contributed by atoms with Crippen LogP contribution in [0.2, 0.25) is 0 Å². The number of aromatic nitrogens is 2. The average molecular weight is 348 g/mol. The second-order valence-electron chi connectivity index (χ2n) is 5.33. The van der Waals surface area contributed by atoms with Crippen LogP contribution < -0.4 is 15.9 Å². The van der Waals surface area contributed by atoms with Gasteiger partial charge >= 0.3 is 0 Å². The fraction of sp³-hybridized carbons (Fsp3) is 0.0556. The Bertz CT molecular complexity index is 1150. The molecule has 0 unspecified atom stereocenters. The molecule has 0 spiro atoms. The monoisotopic (exact) mass is 348 g/mol. The molecule has 0 aliphatic carbocycles. The second-order valence-corrected chi connectivity index (χ2v) is 5.33. The van der Waals surface area contributed by atoms with Crippen LogP contribution >= 0.6 is 0 Å². The van der Waals surface area contributed by atoms with Crippen molar-refractivity contribution in [2.24, 2.45) is 5.10 Å². The van der Waals surface area contributed by atoms with Crippen molar-refractivity contribution in [2.45, 2.75) is 6.42 Å². The second kappa shape index (κ2) is 7.27. The van der Waals surface area contributed by atoms with Crippen LogP contribution in [0, 0.1) is 0 Å². The normalized spacial score (nSPS) is 10.6. The molecule has 0 aliphatic rings. The zero-order valence-electron chi connectivity index (χ0n) is 13.3. The number of hydrogen-bond acceptors (Lipinski definition) is 6. The van der Waals surface area contributed by atoms with E-state index < -0.39 is 5.91 Å². The number of H-pyrrole nitrogens is 1. The molecular formula is C18H12N4O4. The Hall–Kier alpha value is -3.99. The highest BCUT2D eigenvalue weighted by Crippen LogP contribution is 2.10. The summed E-state index contributed by atoms with van der Waals surface area (Å²) in [6, 6.07) is 9.69. The largest absolute Gasteiger partial charge is 0.507 e. The van der Waals surface area contributed by atoms with Crippen LogP contribution in [0.4, 0.5) is 0 Å². The molecule has 0 fully saturated rings. The number of para-hydroxylation sites is 2. The summed E-state index contributed by atoms with van der Waals surface area (Å²) in [5.41, 5.74) is 4.03. The summed E-state index contributed by atoms with van der Waals surface area (Å²) in [7, 11) is 0. The lowest BCUT2D eigenvalue weighted by atomic mass is 10.1. The van der Waals surface area contributed by atoms with E-state index in [2.05, 4.69) is 20.5 Å².